The fourth-order valence-corrected chi connectivity index (χ4v) is 2.35. The summed E-state index contributed by atoms with van der Waals surface area (Å²) in [5.74, 6) is 0. The molecular formula is C13H9N5O. The maximum Gasteiger partial charge on any atom is 0.268 e. The normalized spacial score (nSPS) is 11.6. The summed E-state index contributed by atoms with van der Waals surface area (Å²) in [6.45, 7) is 1.93. The summed E-state index contributed by atoms with van der Waals surface area (Å²) in [7, 11) is 0. The Labute approximate surface area is 106 Å². The molecule has 0 aliphatic rings. The summed E-state index contributed by atoms with van der Waals surface area (Å²) >= 11 is 0. The molecule has 19 heavy (non-hydrogen) atoms. The van der Waals surface area contributed by atoms with Gasteiger partial charge in [0.25, 0.3) is 5.56 Å². The van der Waals surface area contributed by atoms with Gasteiger partial charge in [-0.3, -0.25) is 9.20 Å². The van der Waals surface area contributed by atoms with Crippen LogP contribution in [0.25, 0.3) is 27.6 Å². The lowest BCUT2D eigenvalue weighted by Gasteiger charge is -2.05. The molecule has 3 aromatic heterocycles. The Morgan fingerprint density at radius 3 is 2.89 bits per heavy atom. The number of nitrogens with zero attached hydrogens (tertiary/aromatic N) is 4. The summed E-state index contributed by atoms with van der Waals surface area (Å²) < 4.78 is 1.55. The monoisotopic (exact) mass is 251 g/mol. The molecule has 0 atom stereocenters. The molecule has 6 nitrogen and oxygen atoms in total. The van der Waals surface area contributed by atoms with Crippen LogP contribution in [-0.2, 0) is 0 Å². The van der Waals surface area contributed by atoms with Crippen LogP contribution in [0.1, 0.15) is 5.56 Å². The lowest BCUT2D eigenvalue weighted by atomic mass is 10.2. The molecule has 0 saturated heterocycles. The molecule has 1 N–H and O–H groups in total. The Bertz CT molecular complexity index is 998. The van der Waals surface area contributed by atoms with Gasteiger partial charge in [0.05, 0.1) is 10.9 Å². The van der Waals surface area contributed by atoms with Crippen LogP contribution in [0.4, 0.5) is 0 Å². The van der Waals surface area contributed by atoms with Crippen LogP contribution in [0, 0.1) is 6.92 Å². The first-order chi connectivity index (χ1) is 9.25. The Morgan fingerprint density at radius 1 is 1.16 bits per heavy atom. The lowest BCUT2D eigenvalue weighted by molar-refractivity contribution is 0.959. The first-order valence-electron chi connectivity index (χ1n) is 5.87. The van der Waals surface area contributed by atoms with E-state index in [9.17, 15) is 4.79 Å². The highest BCUT2D eigenvalue weighted by Crippen LogP contribution is 2.18. The number of aryl methyl sites for hydroxylation is 1. The first kappa shape index (κ1) is 10.2. The molecule has 3 heterocycles. The Kier molecular flexibility index (Phi) is 1.81. The molecule has 0 saturated carbocycles. The van der Waals surface area contributed by atoms with Crippen molar-refractivity contribution in [3.8, 4) is 0 Å². The van der Waals surface area contributed by atoms with E-state index in [0.29, 0.717) is 27.6 Å². The molecule has 0 amide bonds. The van der Waals surface area contributed by atoms with E-state index in [0.717, 1.165) is 5.56 Å². The number of aromatic nitrogens is 5. The second-order valence-corrected chi connectivity index (χ2v) is 4.45. The van der Waals surface area contributed by atoms with Gasteiger partial charge in [-0.2, -0.15) is 15.4 Å². The van der Waals surface area contributed by atoms with Crippen molar-refractivity contribution in [2.24, 2.45) is 0 Å². The van der Waals surface area contributed by atoms with E-state index in [-0.39, 0.29) is 5.56 Å². The zero-order valence-corrected chi connectivity index (χ0v) is 10.1. The van der Waals surface area contributed by atoms with E-state index in [2.05, 4.69) is 20.4 Å². The van der Waals surface area contributed by atoms with E-state index < -0.39 is 0 Å². The van der Waals surface area contributed by atoms with Crippen LogP contribution in [0.5, 0.6) is 0 Å². The average Bonchev–Trinajstić information content (AvgIpc) is 2.88. The fraction of sp³-hybridized carbons (Fsp3) is 0.0769. The number of aromatic amines is 1. The third-order valence-electron chi connectivity index (χ3n) is 3.29. The molecule has 0 radical (unpaired) electrons. The van der Waals surface area contributed by atoms with Gasteiger partial charge in [-0.15, -0.1) is 0 Å². The number of benzene rings is 1. The molecule has 6 heteroatoms. The fourth-order valence-electron chi connectivity index (χ4n) is 2.35. The highest BCUT2D eigenvalue weighted by Gasteiger charge is 2.12. The van der Waals surface area contributed by atoms with Crippen molar-refractivity contribution in [3.05, 3.63) is 46.4 Å². The number of hydrogen-bond donors (Lipinski definition) is 1. The first-order valence-corrected chi connectivity index (χ1v) is 5.87. The van der Waals surface area contributed by atoms with E-state index >= 15 is 0 Å². The van der Waals surface area contributed by atoms with Crippen LogP contribution in [-0.4, -0.2) is 24.8 Å². The van der Waals surface area contributed by atoms with Crippen molar-refractivity contribution in [2.75, 3.05) is 0 Å². The minimum Gasteiger partial charge on any atom is -0.268 e. The molecule has 1 aromatic carbocycles. The number of nitrogens with one attached hydrogen (secondary N) is 1. The van der Waals surface area contributed by atoms with Crippen molar-refractivity contribution >= 4 is 27.6 Å². The smallest absolute Gasteiger partial charge is 0.268 e. The maximum atomic E-state index is 12.6. The van der Waals surface area contributed by atoms with Gasteiger partial charge in [0.2, 0.25) is 0 Å². The number of hydrogen-bond acceptors (Lipinski definition) is 4. The number of fused-ring (bicyclic) bond motifs is 4. The van der Waals surface area contributed by atoms with E-state index in [4.69, 9.17) is 0 Å². The maximum absolute atomic E-state index is 12.6. The molecule has 0 spiro atoms. The van der Waals surface area contributed by atoms with Crippen molar-refractivity contribution in [3.63, 3.8) is 0 Å². The molecule has 0 unspecified atom stereocenters. The predicted octanol–water partition coefficient (Wildman–Crippen LogP) is 1.43. The molecule has 4 rings (SSSR count). The third kappa shape index (κ3) is 1.25. The Hall–Kier alpha value is -2.76. The van der Waals surface area contributed by atoms with Gasteiger partial charge in [0, 0.05) is 6.20 Å². The number of rotatable bonds is 0. The molecule has 0 fully saturated rings. The number of pyridine rings is 1. The summed E-state index contributed by atoms with van der Waals surface area (Å²) in [5, 5.41) is 11.1. The van der Waals surface area contributed by atoms with Gasteiger partial charge in [0.1, 0.15) is 16.7 Å². The van der Waals surface area contributed by atoms with Crippen LogP contribution in [0.2, 0.25) is 0 Å². The van der Waals surface area contributed by atoms with Crippen LogP contribution in [0.15, 0.2) is 35.3 Å². The molecule has 92 valence electrons. The van der Waals surface area contributed by atoms with E-state index in [1.54, 1.807) is 16.7 Å². The highest BCUT2D eigenvalue weighted by molar-refractivity contribution is 6.02. The van der Waals surface area contributed by atoms with E-state index in [1.807, 2.05) is 25.1 Å². The molecule has 0 bridgehead atoms. The van der Waals surface area contributed by atoms with Gasteiger partial charge in [-0.25, -0.2) is 4.98 Å². The Morgan fingerprint density at radius 2 is 2.00 bits per heavy atom. The van der Waals surface area contributed by atoms with Gasteiger partial charge in [-0.05, 0) is 30.7 Å². The van der Waals surface area contributed by atoms with Crippen LogP contribution in [0.3, 0.4) is 0 Å². The molecule has 0 aliphatic carbocycles. The zero-order chi connectivity index (χ0) is 13.0. The van der Waals surface area contributed by atoms with Crippen molar-refractivity contribution < 1.29 is 0 Å². The summed E-state index contributed by atoms with van der Waals surface area (Å²) in [5.41, 5.74) is 3.37. The number of H-pyrrole nitrogens is 1. The van der Waals surface area contributed by atoms with Gasteiger partial charge < -0.3 is 0 Å². The lowest BCUT2D eigenvalue weighted by Crippen LogP contribution is -2.16. The average molecular weight is 251 g/mol. The minimum absolute atomic E-state index is 0.122. The summed E-state index contributed by atoms with van der Waals surface area (Å²) in [6.07, 6.45) is 1.72. The quantitative estimate of drug-likeness (QED) is 0.480. The van der Waals surface area contributed by atoms with E-state index in [1.165, 1.54) is 0 Å². The molecule has 4 aromatic rings. The van der Waals surface area contributed by atoms with Gasteiger partial charge in [0.15, 0.2) is 0 Å². The zero-order valence-electron chi connectivity index (χ0n) is 10.1. The summed E-state index contributed by atoms with van der Waals surface area (Å²) in [6, 6.07) is 7.37. The van der Waals surface area contributed by atoms with Crippen molar-refractivity contribution in [1.82, 2.24) is 24.8 Å². The van der Waals surface area contributed by atoms with Gasteiger partial charge in [-0.1, -0.05) is 6.07 Å². The van der Waals surface area contributed by atoms with Crippen LogP contribution >= 0.6 is 0 Å². The molecular weight excluding hydrogens is 242 g/mol. The van der Waals surface area contributed by atoms with Crippen molar-refractivity contribution in [1.29, 1.82) is 0 Å². The second kappa shape index (κ2) is 3.38. The Balaban J connectivity index is 2.39. The second-order valence-electron chi connectivity index (χ2n) is 4.45. The summed E-state index contributed by atoms with van der Waals surface area (Å²) in [4.78, 5) is 17.1. The van der Waals surface area contributed by atoms with Crippen LogP contribution < -0.4 is 5.56 Å². The van der Waals surface area contributed by atoms with Gasteiger partial charge >= 0.3 is 0 Å². The topological polar surface area (TPSA) is 75.9 Å². The SMILES string of the molecule is Cc1cccn2c(=O)c3c(ccc4n[nH]nc43)nc12. The third-order valence-corrected chi connectivity index (χ3v) is 3.29. The standard InChI is InChI=1S/C13H9N5O/c1-7-3-2-6-18-12(7)14-8-4-5-9-11(16-17-15-9)10(8)13(18)19/h2-6H,1H3,(H,15,16,17). The largest absolute Gasteiger partial charge is 0.268 e. The minimum atomic E-state index is -0.122. The van der Waals surface area contributed by atoms with Crippen molar-refractivity contribution in [2.45, 2.75) is 6.92 Å². The molecule has 0 aliphatic heterocycles. The predicted molar refractivity (Wildman–Crippen MR) is 71.2 cm³/mol. The highest BCUT2D eigenvalue weighted by atomic mass is 16.1.